The van der Waals surface area contributed by atoms with Crippen LogP contribution < -0.4 is 0 Å². The Morgan fingerprint density at radius 2 is 1.52 bits per heavy atom. The number of carbonyl (C=O) groups is 3. The van der Waals surface area contributed by atoms with E-state index < -0.39 is 59.0 Å². The van der Waals surface area contributed by atoms with Crippen LogP contribution in [0.4, 0.5) is 4.39 Å². The average molecular weight is 370 g/mol. The maximum Gasteiger partial charge on any atom is 0.198 e. The van der Waals surface area contributed by atoms with E-state index in [2.05, 4.69) is 0 Å². The van der Waals surface area contributed by atoms with Gasteiger partial charge in [-0.25, -0.2) is 4.39 Å². The predicted octanol–water partition coefficient (Wildman–Crippen LogP) is 1.63. The van der Waals surface area contributed by atoms with E-state index in [0.29, 0.717) is 0 Å². The van der Waals surface area contributed by atoms with E-state index in [0.717, 1.165) is 6.92 Å². The molecule has 0 aromatic heterocycles. The molecule has 0 heterocycles. The molecule has 138 valence electrons. The smallest absolute Gasteiger partial charge is 0.198 e. The molecule has 0 radical (unpaired) electrons. The number of halogens is 1. The molecule has 0 aliphatic heterocycles. The average Bonchev–Trinajstić information content (AvgIpc) is 2.64. The maximum atomic E-state index is 14.5. The molecule has 7 heteroatoms. The minimum absolute atomic E-state index is 0.0747. The first-order chi connectivity index (χ1) is 12.7. The molecule has 6 nitrogen and oxygen atoms in total. The van der Waals surface area contributed by atoms with E-state index in [1.54, 1.807) is 12.1 Å². The summed E-state index contributed by atoms with van der Waals surface area (Å²) in [6, 6.07) is 5.99. The van der Waals surface area contributed by atoms with Gasteiger partial charge >= 0.3 is 0 Å². The third kappa shape index (κ3) is 2.12. The van der Waals surface area contributed by atoms with Crippen LogP contribution in [0.25, 0.3) is 0 Å². The van der Waals surface area contributed by atoms with Gasteiger partial charge in [0.1, 0.15) is 17.7 Å². The summed E-state index contributed by atoms with van der Waals surface area (Å²) in [6.07, 6.45) is -3.19. The van der Waals surface area contributed by atoms with Crippen LogP contribution >= 0.6 is 0 Å². The number of aliphatic hydroxyl groups is 1. The Bertz CT molecular complexity index is 1060. The minimum atomic E-state index is -2.37. The number of hydrogen-bond donors (Lipinski definition) is 3. The lowest BCUT2D eigenvalue weighted by Gasteiger charge is -2.36. The molecule has 2 unspecified atom stereocenters. The summed E-state index contributed by atoms with van der Waals surface area (Å²) in [7, 11) is 0. The number of fused-ring (bicyclic) bond motifs is 3. The summed E-state index contributed by atoms with van der Waals surface area (Å²) in [6.45, 7) is 1.03. The third-order valence-corrected chi connectivity index (χ3v) is 5.49. The quantitative estimate of drug-likeness (QED) is 0.562. The molecule has 0 spiro atoms. The third-order valence-electron chi connectivity index (χ3n) is 5.49. The maximum absolute atomic E-state index is 14.5. The zero-order valence-electron chi connectivity index (χ0n) is 14.2. The van der Waals surface area contributed by atoms with Crippen molar-refractivity contribution in [3.63, 3.8) is 0 Å². The van der Waals surface area contributed by atoms with Crippen LogP contribution in [-0.2, 0) is 17.6 Å². The fraction of sp³-hybridized carbons (Fsp3) is 0.250. The molecule has 0 saturated heterocycles. The predicted molar refractivity (Wildman–Crippen MR) is 91.0 cm³/mol. The van der Waals surface area contributed by atoms with Gasteiger partial charge in [-0.3, -0.25) is 14.4 Å². The van der Waals surface area contributed by atoms with Gasteiger partial charge in [-0.2, -0.15) is 0 Å². The largest absolute Gasteiger partial charge is 0.507 e. The summed E-state index contributed by atoms with van der Waals surface area (Å²) in [5.41, 5.74) is -3.16. The first kappa shape index (κ1) is 17.4. The molecule has 2 atom stereocenters. The number of benzene rings is 2. The van der Waals surface area contributed by atoms with E-state index in [-0.39, 0.29) is 27.8 Å². The zero-order chi connectivity index (χ0) is 19.7. The van der Waals surface area contributed by atoms with Crippen molar-refractivity contribution >= 4 is 17.3 Å². The van der Waals surface area contributed by atoms with Crippen molar-refractivity contribution in [3.8, 4) is 11.5 Å². The molecule has 2 aliphatic carbocycles. The topological polar surface area (TPSA) is 112 Å². The highest BCUT2D eigenvalue weighted by Gasteiger charge is 2.49. The lowest BCUT2D eigenvalue weighted by atomic mass is 9.72. The molecule has 3 N–H and O–H groups in total. The number of alkyl halides is 1. The monoisotopic (exact) mass is 370 g/mol. The highest BCUT2D eigenvalue weighted by atomic mass is 19.1. The van der Waals surface area contributed by atoms with Gasteiger partial charge in [-0.15, -0.1) is 0 Å². The summed E-state index contributed by atoms with van der Waals surface area (Å²) < 4.78 is 14.5. The number of phenols is 2. The van der Waals surface area contributed by atoms with Gasteiger partial charge in [0.25, 0.3) is 0 Å². The van der Waals surface area contributed by atoms with Crippen LogP contribution in [0.3, 0.4) is 0 Å². The molecule has 27 heavy (non-hydrogen) atoms. The van der Waals surface area contributed by atoms with Crippen LogP contribution in [0.2, 0.25) is 0 Å². The van der Waals surface area contributed by atoms with Gasteiger partial charge in [0, 0.05) is 35.1 Å². The number of ketones is 3. The number of rotatable bonds is 1. The Morgan fingerprint density at radius 3 is 2.00 bits per heavy atom. The van der Waals surface area contributed by atoms with Crippen LogP contribution in [0.15, 0.2) is 24.3 Å². The molecule has 4 rings (SSSR count). The van der Waals surface area contributed by atoms with E-state index >= 15 is 0 Å². The van der Waals surface area contributed by atoms with Crippen molar-refractivity contribution < 1.29 is 34.1 Å². The standard InChI is InChI=1S/C20H15FO6/c1-8(22)20(27)7-12-11(6-13(20)21)18(25)14-15(19(12)26)17(24)10-5-3-2-4-9(10)16(14)23/h2-5,13,25-27H,6-7H2,1H3. The Balaban J connectivity index is 2.01. The van der Waals surface area contributed by atoms with Gasteiger partial charge < -0.3 is 15.3 Å². The van der Waals surface area contributed by atoms with E-state index in [4.69, 9.17) is 0 Å². The highest BCUT2D eigenvalue weighted by Crippen LogP contribution is 2.47. The van der Waals surface area contributed by atoms with E-state index in [1.807, 2.05) is 0 Å². The van der Waals surface area contributed by atoms with Crippen molar-refractivity contribution in [1.29, 1.82) is 0 Å². The van der Waals surface area contributed by atoms with Crippen molar-refractivity contribution in [2.45, 2.75) is 31.5 Å². The molecular formula is C20H15FO6. The molecular weight excluding hydrogens is 355 g/mol. The molecule has 0 bridgehead atoms. The fourth-order valence-electron chi connectivity index (χ4n) is 3.90. The van der Waals surface area contributed by atoms with Gasteiger partial charge in [0.05, 0.1) is 11.1 Å². The first-order valence-corrected chi connectivity index (χ1v) is 8.34. The second-order valence-electron chi connectivity index (χ2n) is 6.94. The Morgan fingerprint density at radius 1 is 1.04 bits per heavy atom. The number of aromatic hydroxyl groups is 2. The Hall–Kier alpha value is -3.06. The van der Waals surface area contributed by atoms with Crippen LogP contribution in [0, 0.1) is 0 Å². The van der Waals surface area contributed by atoms with E-state index in [1.165, 1.54) is 12.1 Å². The summed E-state index contributed by atoms with van der Waals surface area (Å²) in [4.78, 5) is 37.4. The Labute approximate surface area is 152 Å². The number of carbonyl (C=O) groups excluding carboxylic acids is 3. The molecule has 0 fully saturated rings. The van der Waals surface area contributed by atoms with Gasteiger partial charge in [-0.1, -0.05) is 24.3 Å². The second-order valence-corrected chi connectivity index (χ2v) is 6.94. The summed E-state index contributed by atoms with van der Waals surface area (Å²) in [5.74, 6) is -3.36. The number of Topliss-reactive ketones (excluding diaryl/α,β-unsaturated/α-hetero) is 1. The minimum Gasteiger partial charge on any atom is -0.507 e. The summed E-state index contributed by atoms with van der Waals surface area (Å²) >= 11 is 0. The SMILES string of the molecule is CC(=O)C1(O)Cc2c(O)c3c(c(O)c2CC1F)C(=O)c1ccccc1C3=O. The van der Waals surface area contributed by atoms with Crippen molar-refractivity contribution in [3.05, 3.63) is 57.6 Å². The number of phenolic OH excluding ortho intramolecular Hbond substituents is 2. The van der Waals surface area contributed by atoms with E-state index in [9.17, 15) is 34.1 Å². The highest BCUT2D eigenvalue weighted by molar-refractivity contribution is 6.30. The molecule has 0 amide bonds. The number of hydrogen-bond acceptors (Lipinski definition) is 6. The van der Waals surface area contributed by atoms with Gasteiger partial charge in [-0.05, 0) is 6.92 Å². The van der Waals surface area contributed by atoms with Crippen LogP contribution in [-0.4, -0.2) is 44.4 Å². The van der Waals surface area contributed by atoms with Gasteiger partial charge in [0.15, 0.2) is 23.0 Å². The zero-order valence-corrected chi connectivity index (χ0v) is 14.2. The summed E-state index contributed by atoms with van der Waals surface area (Å²) in [5, 5.41) is 31.7. The van der Waals surface area contributed by atoms with Crippen molar-refractivity contribution in [2.75, 3.05) is 0 Å². The van der Waals surface area contributed by atoms with Crippen LogP contribution in [0.1, 0.15) is 49.9 Å². The van der Waals surface area contributed by atoms with Crippen molar-refractivity contribution in [2.24, 2.45) is 0 Å². The lowest BCUT2D eigenvalue weighted by molar-refractivity contribution is -0.143. The fourth-order valence-corrected chi connectivity index (χ4v) is 3.90. The molecule has 2 aliphatic rings. The normalized spacial score (nSPS) is 23.4. The molecule has 0 saturated carbocycles. The second kappa shape index (κ2) is 5.47. The van der Waals surface area contributed by atoms with Crippen LogP contribution in [0.5, 0.6) is 11.5 Å². The molecule has 2 aromatic carbocycles. The first-order valence-electron chi connectivity index (χ1n) is 8.34. The Kier molecular flexibility index (Phi) is 3.52. The van der Waals surface area contributed by atoms with Crippen molar-refractivity contribution in [1.82, 2.24) is 0 Å². The lowest BCUT2D eigenvalue weighted by Crippen LogP contribution is -2.52. The molecule has 2 aromatic rings. The van der Waals surface area contributed by atoms with Gasteiger partial charge in [0.2, 0.25) is 0 Å².